The van der Waals surface area contributed by atoms with Crippen LogP contribution in [0.15, 0.2) is 0 Å². The van der Waals surface area contributed by atoms with Gasteiger partial charge in [0.2, 0.25) is 0 Å². The van der Waals surface area contributed by atoms with Gasteiger partial charge in [-0.05, 0) is 33.1 Å². The van der Waals surface area contributed by atoms with E-state index >= 15 is 0 Å². The second-order valence-corrected chi connectivity index (χ2v) is 5.58. The molecule has 1 rings (SSSR count). The first-order chi connectivity index (χ1) is 7.58. The Hall–Kier alpha value is -0.0800. The smallest absolute Gasteiger partial charge is 0.0304 e. The molecule has 1 aliphatic heterocycles. The molecular formula is C14H30N2. The van der Waals surface area contributed by atoms with Gasteiger partial charge in [-0.25, -0.2) is 0 Å². The Morgan fingerprint density at radius 2 is 1.88 bits per heavy atom. The highest BCUT2D eigenvalue weighted by Crippen LogP contribution is 2.25. The highest BCUT2D eigenvalue weighted by Gasteiger charge is 2.37. The van der Waals surface area contributed by atoms with Gasteiger partial charge in [0.25, 0.3) is 0 Å². The highest BCUT2D eigenvalue weighted by atomic mass is 15.3. The summed E-state index contributed by atoms with van der Waals surface area (Å²) in [5.41, 5.74) is 0.370. The number of hydrogen-bond donors (Lipinski definition) is 1. The number of rotatable bonds is 5. The Labute approximate surface area is 102 Å². The van der Waals surface area contributed by atoms with E-state index in [0.717, 1.165) is 6.04 Å². The van der Waals surface area contributed by atoms with Crippen molar-refractivity contribution in [2.75, 3.05) is 13.1 Å². The summed E-state index contributed by atoms with van der Waals surface area (Å²) in [6.07, 6.45) is 5.10. The van der Waals surface area contributed by atoms with E-state index in [1.54, 1.807) is 0 Å². The molecule has 0 aromatic carbocycles. The fraction of sp³-hybridized carbons (Fsp3) is 1.00. The second kappa shape index (κ2) is 6.02. The van der Waals surface area contributed by atoms with Crippen molar-refractivity contribution in [2.45, 2.75) is 77.9 Å². The maximum atomic E-state index is 3.81. The third kappa shape index (κ3) is 2.98. The minimum Gasteiger partial charge on any atom is -0.308 e. The summed E-state index contributed by atoms with van der Waals surface area (Å²) in [7, 11) is 0. The molecule has 2 heteroatoms. The van der Waals surface area contributed by atoms with Gasteiger partial charge in [-0.3, -0.25) is 4.90 Å². The molecule has 1 fully saturated rings. The summed E-state index contributed by atoms with van der Waals surface area (Å²) in [6, 6.07) is 1.42. The van der Waals surface area contributed by atoms with Crippen LogP contribution in [0.5, 0.6) is 0 Å². The normalized spacial score (nSPS) is 26.2. The number of nitrogens with one attached hydrogen (secondary N) is 1. The molecule has 0 aromatic heterocycles. The van der Waals surface area contributed by atoms with Gasteiger partial charge < -0.3 is 5.32 Å². The van der Waals surface area contributed by atoms with Crippen LogP contribution in [0.2, 0.25) is 0 Å². The number of nitrogens with zero attached hydrogens (tertiary/aromatic N) is 1. The van der Waals surface area contributed by atoms with E-state index in [1.807, 2.05) is 0 Å². The van der Waals surface area contributed by atoms with E-state index < -0.39 is 0 Å². The van der Waals surface area contributed by atoms with Crippen LogP contribution in [-0.4, -0.2) is 35.6 Å². The zero-order valence-electron chi connectivity index (χ0n) is 11.8. The van der Waals surface area contributed by atoms with E-state index in [0.29, 0.717) is 11.6 Å². The fourth-order valence-electron chi connectivity index (χ4n) is 2.91. The van der Waals surface area contributed by atoms with Gasteiger partial charge in [-0.1, -0.05) is 27.2 Å². The minimum absolute atomic E-state index is 0.370. The van der Waals surface area contributed by atoms with Crippen molar-refractivity contribution >= 4 is 0 Å². The average Bonchev–Trinajstić information content (AvgIpc) is 2.30. The minimum atomic E-state index is 0.370. The van der Waals surface area contributed by atoms with Gasteiger partial charge in [0.05, 0.1) is 0 Å². The molecule has 0 aliphatic carbocycles. The van der Waals surface area contributed by atoms with Gasteiger partial charge >= 0.3 is 0 Å². The lowest BCUT2D eigenvalue weighted by molar-refractivity contribution is 0.0438. The molecule has 0 aromatic rings. The molecule has 1 saturated heterocycles. The molecule has 1 unspecified atom stereocenters. The molecule has 2 nitrogen and oxygen atoms in total. The van der Waals surface area contributed by atoms with Gasteiger partial charge in [0, 0.05) is 30.7 Å². The largest absolute Gasteiger partial charge is 0.308 e. The first-order valence-corrected chi connectivity index (χ1v) is 7.09. The standard InChI is InChI=1S/C14H30N2/c1-6-9-13-10-15-14(7-2,8-3)11-16(13)12(4)5/h12-13,15H,6-11H2,1-5H3. The van der Waals surface area contributed by atoms with Crippen molar-refractivity contribution < 1.29 is 0 Å². The van der Waals surface area contributed by atoms with Crippen molar-refractivity contribution in [2.24, 2.45) is 0 Å². The summed E-state index contributed by atoms with van der Waals surface area (Å²) in [6.45, 7) is 14.0. The lowest BCUT2D eigenvalue weighted by Crippen LogP contribution is -2.65. The van der Waals surface area contributed by atoms with Crippen LogP contribution in [-0.2, 0) is 0 Å². The lowest BCUT2D eigenvalue weighted by atomic mass is 9.87. The molecule has 1 aliphatic rings. The fourth-order valence-corrected chi connectivity index (χ4v) is 2.91. The van der Waals surface area contributed by atoms with Crippen LogP contribution in [0, 0.1) is 0 Å². The quantitative estimate of drug-likeness (QED) is 0.775. The summed E-state index contributed by atoms with van der Waals surface area (Å²) in [4.78, 5) is 2.72. The van der Waals surface area contributed by atoms with Crippen molar-refractivity contribution in [3.63, 3.8) is 0 Å². The zero-order chi connectivity index (χ0) is 12.2. The van der Waals surface area contributed by atoms with Gasteiger partial charge in [0.15, 0.2) is 0 Å². The lowest BCUT2D eigenvalue weighted by Gasteiger charge is -2.49. The van der Waals surface area contributed by atoms with Gasteiger partial charge in [-0.2, -0.15) is 0 Å². The Kier molecular flexibility index (Phi) is 5.26. The van der Waals surface area contributed by atoms with Crippen LogP contribution in [0.4, 0.5) is 0 Å². The Bertz CT molecular complexity index is 197. The van der Waals surface area contributed by atoms with Crippen LogP contribution in [0.25, 0.3) is 0 Å². The topological polar surface area (TPSA) is 15.3 Å². The third-order valence-electron chi connectivity index (χ3n) is 4.31. The van der Waals surface area contributed by atoms with Crippen LogP contribution in [0.1, 0.15) is 60.3 Å². The van der Waals surface area contributed by atoms with Gasteiger partial charge in [0.1, 0.15) is 0 Å². The molecular weight excluding hydrogens is 196 g/mol. The number of hydrogen-bond acceptors (Lipinski definition) is 2. The second-order valence-electron chi connectivity index (χ2n) is 5.58. The summed E-state index contributed by atoms with van der Waals surface area (Å²) >= 11 is 0. The molecule has 0 spiro atoms. The Morgan fingerprint density at radius 3 is 2.31 bits per heavy atom. The molecule has 96 valence electrons. The summed E-state index contributed by atoms with van der Waals surface area (Å²) in [5, 5.41) is 3.81. The molecule has 1 atom stereocenters. The average molecular weight is 226 g/mol. The highest BCUT2D eigenvalue weighted by molar-refractivity contribution is 4.97. The summed E-state index contributed by atoms with van der Waals surface area (Å²) in [5.74, 6) is 0. The van der Waals surface area contributed by atoms with Crippen molar-refractivity contribution in [1.82, 2.24) is 10.2 Å². The maximum absolute atomic E-state index is 3.81. The van der Waals surface area contributed by atoms with Gasteiger partial charge in [-0.15, -0.1) is 0 Å². The predicted octanol–water partition coefficient (Wildman–Crippen LogP) is 3.03. The van der Waals surface area contributed by atoms with Crippen molar-refractivity contribution in [3.05, 3.63) is 0 Å². The van der Waals surface area contributed by atoms with Crippen molar-refractivity contribution in [3.8, 4) is 0 Å². The third-order valence-corrected chi connectivity index (χ3v) is 4.31. The Morgan fingerprint density at radius 1 is 1.25 bits per heavy atom. The zero-order valence-corrected chi connectivity index (χ0v) is 11.8. The predicted molar refractivity (Wildman–Crippen MR) is 71.9 cm³/mol. The maximum Gasteiger partial charge on any atom is 0.0304 e. The monoisotopic (exact) mass is 226 g/mol. The van der Waals surface area contributed by atoms with Crippen LogP contribution < -0.4 is 5.32 Å². The van der Waals surface area contributed by atoms with Crippen LogP contribution >= 0.6 is 0 Å². The molecule has 1 N–H and O–H groups in total. The van der Waals surface area contributed by atoms with E-state index in [9.17, 15) is 0 Å². The molecule has 0 amide bonds. The van der Waals surface area contributed by atoms with E-state index in [1.165, 1.54) is 38.8 Å². The van der Waals surface area contributed by atoms with Crippen molar-refractivity contribution in [1.29, 1.82) is 0 Å². The molecule has 0 bridgehead atoms. The first-order valence-electron chi connectivity index (χ1n) is 7.09. The van der Waals surface area contributed by atoms with Crippen LogP contribution in [0.3, 0.4) is 0 Å². The van der Waals surface area contributed by atoms with E-state index in [-0.39, 0.29) is 0 Å². The van der Waals surface area contributed by atoms with E-state index in [2.05, 4.69) is 44.8 Å². The first kappa shape index (κ1) is 14.0. The Balaban J connectivity index is 2.71. The summed E-state index contributed by atoms with van der Waals surface area (Å²) < 4.78 is 0. The van der Waals surface area contributed by atoms with E-state index in [4.69, 9.17) is 0 Å². The molecule has 1 heterocycles. The molecule has 16 heavy (non-hydrogen) atoms. The molecule has 0 radical (unpaired) electrons. The number of piperazine rings is 1. The molecule has 0 saturated carbocycles. The SMILES string of the molecule is CCCC1CNC(CC)(CC)CN1C(C)C.